The first-order valence-corrected chi connectivity index (χ1v) is 17.6. The third-order valence-corrected chi connectivity index (χ3v) is 13.4. The van der Waals surface area contributed by atoms with Gasteiger partial charge in [-0.05, 0) is 116 Å². The molecule has 0 aromatic heterocycles. The minimum Gasteiger partial charge on any atom is -0.463 e. The number of carbonyl (C=O) groups is 2. The van der Waals surface area contributed by atoms with Gasteiger partial charge in [-0.25, -0.2) is 0 Å². The van der Waals surface area contributed by atoms with E-state index in [1.54, 1.807) is 6.92 Å². The zero-order valence-corrected chi connectivity index (χ0v) is 27.7. The molecule has 0 radical (unpaired) electrons. The van der Waals surface area contributed by atoms with E-state index >= 15 is 0 Å². The molecule has 4 aliphatic rings. The van der Waals surface area contributed by atoms with Gasteiger partial charge >= 0.3 is 11.9 Å². The van der Waals surface area contributed by atoms with Gasteiger partial charge in [0.05, 0.1) is 0 Å². The molecule has 4 fully saturated rings. The fourth-order valence-corrected chi connectivity index (χ4v) is 11.4. The van der Waals surface area contributed by atoms with E-state index in [1.807, 2.05) is 0 Å². The van der Waals surface area contributed by atoms with Crippen molar-refractivity contribution in [3.05, 3.63) is 71.8 Å². The van der Waals surface area contributed by atoms with Gasteiger partial charge in [0.1, 0.15) is 12.2 Å². The molecule has 4 heteroatoms. The lowest BCUT2D eigenvalue weighted by molar-refractivity contribution is -0.197. The van der Waals surface area contributed by atoms with Crippen molar-refractivity contribution in [2.24, 2.45) is 46.3 Å². The van der Waals surface area contributed by atoms with Gasteiger partial charge in [0, 0.05) is 25.2 Å². The fraction of sp³-hybridized carbons (Fsp3) is 0.650. The van der Waals surface area contributed by atoms with E-state index in [0.717, 1.165) is 32.1 Å². The maximum atomic E-state index is 12.6. The summed E-state index contributed by atoms with van der Waals surface area (Å²) in [6.07, 6.45) is 11.3. The van der Waals surface area contributed by atoms with Crippen LogP contribution in [-0.4, -0.2) is 24.1 Å². The number of fused-ring (bicyclic) bond motifs is 5. The molecular weight excluding hydrogens is 544 g/mol. The summed E-state index contributed by atoms with van der Waals surface area (Å²) in [6, 6.07) is 22.0. The second-order valence-corrected chi connectivity index (χ2v) is 15.5. The first kappa shape index (κ1) is 31.4. The number of esters is 2. The highest BCUT2D eigenvalue weighted by molar-refractivity contribution is 5.66. The lowest BCUT2D eigenvalue weighted by Crippen LogP contribution is -2.59. The van der Waals surface area contributed by atoms with Crippen LogP contribution >= 0.6 is 0 Å². The minimum atomic E-state index is -0.152. The van der Waals surface area contributed by atoms with Crippen LogP contribution in [0.1, 0.15) is 116 Å². The molecule has 10 atom stereocenters. The van der Waals surface area contributed by atoms with E-state index in [1.165, 1.54) is 50.2 Å². The number of ether oxygens (including phenoxy) is 2. The highest BCUT2D eigenvalue weighted by Gasteiger charge is 2.65. The Bertz CT molecular complexity index is 1250. The third kappa shape index (κ3) is 5.76. The average Bonchev–Trinajstić information content (AvgIpc) is 3.37. The highest BCUT2D eigenvalue weighted by Crippen LogP contribution is 2.69. The summed E-state index contributed by atoms with van der Waals surface area (Å²) in [7, 11) is 0. The number of carbonyl (C=O) groups excluding carboxylic acids is 2. The lowest BCUT2D eigenvalue weighted by Gasteiger charge is -2.62. The van der Waals surface area contributed by atoms with E-state index in [-0.39, 0.29) is 35.0 Å². The minimum absolute atomic E-state index is 0.0133. The molecule has 6 rings (SSSR count). The van der Waals surface area contributed by atoms with Gasteiger partial charge in [-0.3, -0.25) is 9.59 Å². The van der Waals surface area contributed by atoms with E-state index in [2.05, 4.69) is 81.4 Å². The van der Waals surface area contributed by atoms with Crippen LogP contribution in [0, 0.1) is 46.3 Å². The molecule has 0 bridgehead atoms. The maximum Gasteiger partial charge on any atom is 0.302 e. The van der Waals surface area contributed by atoms with Crippen molar-refractivity contribution in [2.75, 3.05) is 0 Å². The van der Waals surface area contributed by atoms with Crippen LogP contribution in [0.4, 0.5) is 0 Å². The van der Waals surface area contributed by atoms with Gasteiger partial charge in [0.2, 0.25) is 0 Å². The molecular formula is C40H54O4. The van der Waals surface area contributed by atoms with Crippen LogP contribution in [0.15, 0.2) is 60.7 Å². The number of hydrogen-bond acceptors (Lipinski definition) is 4. The zero-order chi connectivity index (χ0) is 31.1. The Balaban J connectivity index is 1.22. The van der Waals surface area contributed by atoms with Crippen LogP contribution in [-0.2, 0) is 19.1 Å². The van der Waals surface area contributed by atoms with Crippen LogP contribution in [0.3, 0.4) is 0 Å². The highest BCUT2D eigenvalue weighted by atomic mass is 16.5. The Morgan fingerprint density at radius 3 is 2.02 bits per heavy atom. The molecule has 2 aromatic rings. The monoisotopic (exact) mass is 598 g/mol. The second kappa shape index (κ2) is 12.6. The normalized spacial score (nSPS) is 36.9. The van der Waals surface area contributed by atoms with Gasteiger partial charge in [0.25, 0.3) is 0 Å². The fourth-order valence-electron chi connectivity index (χ4n) is 11.4. The molecule has 44 heavy (non-hydrogen) atoms. The van der Waals surface area contributed by atoms with Crippen LogP contribution in [0.5, 0.6) is 0 Å². The molecule has 4 aliphatic carbocycles. The maximum absolute atomic E-state index is 12.6. The Morgan fingerprint density at radius 2 is 1.41 bits per heavy atom. The van der Waals surface area contributed by atoms with Gasteiger partial charge < -0.3 is 9.47 Å². The van der Waals surface area contributed by atoms with Gasteiger partial charge in [-0.15, -0.1) is 0 Å². The van der Waals surface area contributed by atoms with Crippen molar-refractivity contribution in [1.29, 1.82) is 0 Å². The Hall–Kier alpha value is -2.62. The summed E-state index contributed by atoms with van der Waals surface area (Å²) in [5.41, 5.74) is 3.03. The molecule has 238 valence electrons. The van der Waals surface area contributed by atoms with E-state index in [9.17, 15) is 9.59 Å². The lowest BCUT2D eigenvalue weighted by atomic mass is 9.43. The second-order valence-electron chi connectivity index (χ2n) is 15.5. The van der Waals surface area contributed by atoms with Gasteiger partial charge in [-0.1, -0.05) is 81.4 Å². The van der Waals surface area contributed by atoms with E-state index in [4.69, 9.17) is 9.47 Å². The number of benzene rings is 2. The van der Waals surface area contributed by atoms with Crippen LogP contribution < -0.4 is 0 Å². The van der Waals surface area contributed by atoms with Crippen LogP contribution in [0.2, 0.25) is 0 Å². The zero-order valence-electron chi connectivity index (χ0n) is 27.7. The standard InChI is InChI=1S/C40H54O4/c1-26(16-18-33(29-12-8-6-9-13-29)30-14-10-7-11-15-30)35-20-21-36-34-19-17-31-24-32(43-27(2)41)22-23-39(31,4)37(34)25-38(40(35,36)5)44-28(3)42/h6-15,26,31-38H,16-25H2,1-5H3/t26-,31-,32-,34-,35+,36-,37-,38-,39-,40+/m0/s1. The molecule has 0 aliphatic heterocycles. The topological polar surface area (TPSA) is 52.6 Å². The SMILES string of the molecule is CC(=O)O[C@H]1CC[C@@]2(C)[C@@H](CC[C@@H]3[C@@H]2C[C@H](OC(C)=O)[C@]2(C)[C@@H]([C@@H](C)CCC(c4ccccc4)c4ccccc4)CC[C@@H]32)C1. The number of rotatable bonds is 8. The van der Waals surface area contributed by atoms with Gasteiger partial charge in [-0.2, -0.15) is 0 Å². The van der Waals surface area contributed by atoms with Crippen molar-refractivity contribution in [2.45, 2.75) is 117 Å². The molecule has 0 spiro atoms. The van der Waals surface area contributed by atoms with Crippen molar-refractivity contribution in [1.82, 2.24) is 0 Å². The molecule has 2 aromatic carbocycles. The molecule has 0 unspecified atom stereocenters. The van der Waals surface area contributed by atoms with Crippen molar-refractivity contribution in [3.8, 4) is 0 Å². The summed E-state index contributed by atoms with van der Waals surface area (Å²) in [4.78, 5) is 24.4. The van der Waals surface area contributed by atoms with Crippen molar-refractivity contribution in [3.63, 3.8) is 0 Å². The average molecular weight is 599 g/mol. The summed E-state index contributed by atoms with van der Waals surface area (Å²) in [5, 5.41) is 0. The predicted octanol–water partition coefficient (Wildman–Crippen LogP) is 9.37. The molecule has 4 saturated carbocycles. The Morgan fingerprint density at radius 1 is 0.773 bits per heavy atom. The first-order valence-electron chi connectivity index (χ1n) is 17.6. The Labute approximate surface area is 265 Å². The summed E-state index contributed by atoms with van der Waals surface area (Å²) < 4.78 is 12.1. The van der Waals surface area contributed by atoms with Crippen LogP contribution in [0.25, 0.3) is 0 Å². The summed E-state index contributed by atoms with van der Waals surface area (Å²) in [6.45, 7) is 10.7. The van der Waals surface area contributed by atoms with Gasteiger partial charge in [0.15, 0.2) is 0 Å². The quantitative estimate of drug-likeness (QED) is 0.284. The van der Waals surface area contributed by atoms with Crippen molar-refractivity contribution >= 4 is 11.9 Å². The van der Waals surface area contributed by atoms with Crippen molar-refractivity contribution < 1.29 is 19.1 Å². The molecule has 0 saturated heterocycles. The summed E-state index contributed by atoms with van der Waals surface area (Å²) in [5.74, 6) is 3.65. The first-order chi connectivity index (χ1) is 21.1. The van der Waals surface area contributed by atoms with E-state index in [0.29, 0.717) is 41.4 Å². The smallest absolute Gasteiger partial charge is 0.302 e. The van der Waals surface area contributed by atoms with E-state index < -0.39 is 0 Å². The molecule has 0 heterocycles. The number of hydrogen-bond donors (Lipinski definition) is 0. The molecule has 0 amide bonds. The molecule has 0 N–H and O–H groups in total. The summed E-state index contributed by atoms with van der Waals surface area (Å²) >= 11 is 0. The predicted molar refractivity (Wildman–Crippen MR) is 175 cm³/mol. The largest absolute Gasteiger partial charge is 0.463 e. The third-order valence-electron chi connectivity index (χ3n) is 13.4. The molecule has 4 nitrogen and oxygen atoms in total. The Kier molecular flexibility index (Phi) is 9.01.